The summed E-state index contributed by atoms with van der Waals surface area (Å²) in [7, 11) is 0. The van der Waals surface area contributed by atoms with Crippen LogP contribution in [0.5, 0.6) is 0 Å². The van der Waals surface area contributed by atoms with Crippen molar-refractivity contribution in [1.82, 2.24) is 5.43 Å². The van der Waals surface area contributed by atoms with Gasteiger partial charge >= 0.3 is 0 Å². The lowest BCUT2D eigenvalue weighted by Crippen LogP contribution is -2.37. The van der Waals surface area contributed by atoms with Crippen molar-refractivity contribution in [2.24, 2.45) is 17.7 Å². The highest BCUT2D eigenvalue weighted by Crippen LogP contribution is 2.29. The summed E-state index contributed by atoms with van der Waals surface area (Å²) in [5, 5.41) is 0. The van der Waals surface area contributed by atoms with E-state index in [0.29, 0.717) is 6.04 Å². The first kappa shape index (κ1) is 11.0. The van der Waals surface area contributed by atoms with Gasteiger partial charge in [0.05, 0.1) is 0 Å². The Kier molecular flexibility index (Phi) is 4.74. The van der Waals surface area contributed by atoms with Gasteiger partial charge < -0.3 is 0 Å². The van der Waals surface area contributed by atoms with E-state index in [-0.39, 0.29) is 0 Å². The van der Waals surface area contributed by atoms with Gasteiger partial charge in [-0.2, -0.15) is 0 Å². The quantitative estimate of drug-likeness (QED) is 0.509. The Bertz CT molecular complexity index is 128. The second-order valence-corrected chi connectivity index (χ2v) is 4.88. The molecule has 0 aromatic heterocycles. The number of hydrogen-bond donors (Lipinski definition) is 2. The fourth-order valence-corrected chi connectivity index (χ4v) is 2.45. The van der Waals surface area contributed by atoms with Crippen molar-refractivity contribution in [3.8, 4) is 0 Å². The molecule has 0 spiro atoms. The SMILES string of the molecule is CC(C)CC(CC1CCCC1)NN. The minimum Gasteiger partial charge on any atom is -0.271 e. The van der Waals surface area contributed by atoms with Crippen LogP contribution in [0.15, 0.2) is 0 Å². The van der Waals surface area contributed by atoms with Crippen LogP contribution in [0.4, 0.5) is 0 Å². The first-order chi connectivity index (χ1) is 6.22. The molecule has 1 aliphatic rings. The van der Waals surface area contributed by atoms with Crippen LogP contribution in [-0.2, 0) is 0 Å². The van der Waals surface area contributed by atoms with Crippen molar-refractivity contribution in [3.63, 3.8) is 0 Å². The minimum absolute atomic E-state index is 0.545. The maximum Gasteiger partial charge on any atom is 0.0215 e. The average Bonchev–Trinajstić information content (AvgIpc) is 2.55. The summed E-state index contributed by atoms with van der Waals surface area (Å²) < 4.78 is 0. The normalized spacial score (nSPS) is 21.2. The molecule has 2 nitrogen and oxygen atoms in total. The Morgan fingerprint density at radius 2 is 1.92 bits per heavy atom. The van der Waals surface area contributed by atoms with Crippen molar-refractivity contribution < 1.29 is 0 Å². The molecule has 0 aliphatic heterocycles. The lowest BCUT2D eigenvalue weighted by molar-refractivity contribution is 0.344. The summed E-state index contributed by atoms with van der Waals surface area (Å²) in [6.45, 7) is 4.53. The van der Waals surface area contributed by atoms with E-state index in [1.807, 2.05) is 0 Å². The molecule has 1 saturated carbocycles. The molecule has 0 aromatic rings. The van der Waals surface area contributed by atoms with E-state index in [1.165, 1.54) is 38.5 Å². The van der Waals surface area contributed by atoms with Gasteiger partial charge in [0.1, 0.15) is 0 Å². The minimum atomic E-state index is 0.545. The van der Waals surface area contributed by atoms with Crippen LogP contribution in [0, 0.1) is 11.8 Å². The molecular formula is C11H24N2. The fourth-order valence-electron chi connectivity index (χ4n) is 2.45. The Balaban J connectivity index is 2.21. The number of nitrogens with two attached hydrogens (primary N) is 1. The van der Waals surface area contributed by atoms with Crippen LogP contribution >= 0.6 is 0 Å². The average molecular weight is 184 g/mol. The molecule has 0 aromatic carbocycles. The number of nitrogens with one attached hydrogen (secondary N) is 1. The van der Waals surface area contributed by atoms with E-state index in [9.17, 15) is 0 Å². The third-order valence-electron chi connectivity index (χ3n) is 3.08. The van der Waals surface area contributed by atoms with Crippen molar-refractivity contribution >= 4 is 0 Å². The van der Waals surface area contributed by atoms with Crippen LogP contribution in [0.2, 0.25) is 0 Å². The van der Waals surface area contributed by atoms with Crippen LogP contribution in [0.25, 0.3) is 0 Å². The summed E-state index contributed by atoms with van der Waals surface area (Å²) in [4.78, 5) is 0. The summed E-state index contributed by atoms with van der Waals surface area (Å²) in [6.07, 6.45) is 8.22. The zero-order valence-corrected chi connectivity index (χ0v) is 9.05. The van der Waals surface area contributed by atoms with Gasteiger partial charge in [0.2, 0.25) is 0 Å². The van der Waals surface area contributed by atoms with Crippen molar-refractivity contribution in [2.75, 3.05) is 0 Å². The number of hydrogen-bond acceptors (Lipinski definition) is 2. The smallest absolute Gasteiger partial charge is 0.0215 e. The number of rotatable bonds is 5. The molecule has 1 rings (SSSR count). The fraction of sp³-hybridized carbons (Fsp3) is 1.00. The molecule has 2 heteroatoms. The second-order valence-electron chi connectivity index (χ2n) is 4.88. The molecule has 13 heavy (non-hydrogen) atoms. The molecule has 3 N–H and O–H groups in total. The molecule has 78 valence electrons. The predicted octanol–water partition coefficient (Wildman–Crippen LogP) is 2.44. The van der Waals surface area contributed by atoms with Gasteiger partial charge in [-0.05, 0) is 24.7 Å². The lowest BCUT2D eigenvalue weighted by atomic mass is 9.93. The maximum absolute atomic E-state index is 5.55. The van der Waals surface area contributed by atoms with Gasteiger partial charge in [-0.3, -0.25) is 11.3 Å². The molecule has 1 fully saturated rings. The van der Waals surface area contributed by atoms with Gasteiger partial charge in [0.15, 0.2) is 0 Å². The Hall–Kier alpha value is -0.0800. The van der Waals surface area contributed by atoms with Gasteiger partial charge in [0.25, 0.3) is 0 Å². The van der Waals surface area contributed by atoms with Gasteiger partial charge in [-0.15, -0.1) is 0 Å². The second kappa shape index (κ2) is 5.61. The zero-order valence-electron chi connectivity index (χ0n) is 9.05. The zero-order chi connectivity index (χ0) is 9.68. The standard InChI is InChI=1S/C11H24N2/c1-9(2)7-11(13-12)8-10-5-3-4-6-10/h9-11,13H,3-8,12H2,1-2H3. The first-order valence-electron chi connectivity index (χ1n) is 5.68. The topological polar surface area (TPSA) is 38.0 Å². The third kappa shape index (κ3) is 4.10. The molecule has 1 unspecified atom stereocenters. The molecule has 0 saturated heterocycles. The van der Waals surface area contributed by atoms with E-state index in [4.69, 9.17) is 5.84 Å². The van der Waals surface area contributed by atoms with Crippen LogP contribution in [-0.4, -0.2) is 6.04 Å². The van der Waals surface area contributed by atoms with Crippen LogP contribution in [0.1, 0.15) is 52.4 Å². The Morgan fingerprint density at radius 3 is 2.38 bits per heavy atom. The van der Waals surface area contributed by atoms with Crippen molar-refractivity contribution in [3.05, 3.63) is 0 Å². The monoisotopic (exact) mass is 184 g/mol. The van der Waals surface area contributed by atoms with Crippen LogP contribution < -0.4 is 11.3 Å². The summed E-state index contributed by atoms with van der Waals surface area (Å²) in [5.74, 6) is 7.25. The predicted molar refractivity (Wildman–Crippen MR) is 57.1 cm³/mol. The van der Waals surface area contributed by atoms with Crippen molar-refractivity contribution in [1.29, 1.82) is 0 Å². The highest BCUT2D eigenvalue weighted by atomic mass is 15.2. The van der Waals surface area contributed by atoms with Gasteiger partial charge in [-0.1, -0.05) is 39.5 Å². The maximum atomic E-state index is 5.55. The lowest BCUT2D eigenvalue weighted by Gasteiger charge is -2.21. The van der Waals surface area contributed by atoms with E-state index in [2.05, 4.69) is 19.3 Å². The third-order valence-corrected chi connectivity index (χ3v) is 3.08. The molecule has 0 heterocycles. The summed E-state index contributed by atoms with van der Waals surface area (Å²) in [5.41, 5.74) is 2.96. The molecule has 1 atom stereocenters. The molecular weight excluding hydrogens is 160 g/mol. The molecule has 0 radical (unpaired) electrons. The Morgan fingerprint density at radius 1 is 1.31 bits per heavy atom. The van der Waals surface area contributed by atoms with Gasteiger partial charge in [0, 0.05) is 6.04 Å². The largest absolute Gasteiger partial charge is 0.271 e. The van der Waals surface area contributed by atoms with E-state index in [0.717, 1.165) is 11.8 Å². The molecule has 1 aliphatic carbocycles. The van der Waals surface area contributed by atoms with Crippen LogP contribution in [0.3, 0.4) is 0 Å². The summed E-state index contributed by atoms with van der Waals surface area (Å²) >= 11 is 0. The highest BCUT2D eigenvalue weighted by Gasteiger charge is 2.19. The van der Waals surface area contributed by atoms with Gasteiger partial charge in [-0.25, -0.2) is 0 Å². The highest BCUT2D eigenvalue weighted by molar-refractivity contribution is 4.75. The Labute approximate surface area is 82.2 Å². The van der Waals surface area contributed by atoms with Crippen molar-refractivity contribution in [2.45, 2.75) is 58.4 Å². The van der Waals surface area contributed by atoms with E-state index < -0.39 is 0 Å². The summed E-state index contributed by atoms with van der Waals surface area (Å²) in [6, 6.07) is 0.545. The molecule has 0 amide bonds. The molecule has 0 bridgehead atoms. The first-order valence-corrected chi connectivity index (χ1v) is 5.68. The van der Waals surface area contributed by atoms with E-state index in [1.54, 1.807) is 0 Å². The number of hydrazine groups is 1. The van der Waals surface area contributed by atoms with E-state index >= 15 is 0 Å².